The molecule has 0 aliphatic carbocycles. The Morgan fingerprint density at radius 2 is 1.67 bits per heavy atom. The molecule has 0 spiro atoms. The molecule has 142 valence electrons. The second kappa shape index (κ2) is 9.38. The Bertz CT molecular complexity index is 825. The van der Waals surface area contributed by atoms with Crippen LogP contribution in [-0.2, 0) is 9.47 Å². The van der Waals surface area contributed by atoms with Crippen molar-refractivity contribution in [2.24, 2.45) is 4.99 Å². The summed E-state index contributed by atoms with van der Waals surface area (Å²) in [6.07, 6.45) is 2.29. The molecule has 0 heterocycles. The highest BCUT2D eigenvalue weighted by molar-refractivity contribution is 5.97. The van der Waals surface area contributed by atoms with Crippen LogP contribution in [0.3, 0.4) is 0 Å². The van der Waals surface area contributed by atoms with Gasteiger partial charge in [0.2, 0.25) is 0 Å². The van der Waals surface area contributed by atoms with Gasteiger partial charge in [-0.25, -0.2) is 9.59 Å². The molecule has 0 amide bonds. The zero-order chi connectivity index (χ0) is 19.8. The Labute approximate surface area is 157 Å². The van der Waals surface area contributed by atoms with Crippen molar-refractivity contribution >= 4 is 23.8 Å². The fraction of sp³-hybridized carbons (Fsp3) is 0.250. The lowest BCUT2D eigenvalue weighted by Crippen LogP contribution is -2.06. The summed E-state index contributed by atoms with van der Waals surface area (Å²) in [6.45, 7) is 2.55. The van der Waals surface area contributed by atoms with Crippen molar-refractivity contribution in [2.75, 3.05) is 20.8 Å². The van der Waals surface area contributed by atoms with Gasteiger partial charge in [0.25, 0.3) is 0 Å². The van der Waals surface area contributed by atoms with Crippen LogP contribution in [0.25, 0.3) is 0 Å². The molecule has 0 saturated carbocycles. The minimum atomic E-state index is -0.600. The van der Waals surface area contributed by atoms with Gasteiger partial charge < -0.3 is 19.3 Å². The lowest BCUT2D eigenvalue weighted by molar-refractivity contribution is 0.0599. The molecule has 0 aliphatic rings. The largest absolute Gasteiger partial charge is 0.507 e. The quantitative estimate of drug-likeness (QED) is 0.591. The molecule has 0 fully saturated rings. The monoisotopic (exact) mass is 371 g/mol. The maximum atomic E-state index is 11.8. The van der Waals surface area contributed by atoms with E-state index < -0.39 is 11.9 Å². The van der Waals surface area contributed by atoms with E-state index in [4.69, 9.17) is 14.2 Å². The lowest BCUT2D eigenvalue weighted by Gasteiger charge is -2.07. The number of hydrogen-bond donors (Lipinski definition) is 1. The first-order valence-corrected chi connectivity index (χ1v) is 8.30. The molecule has 0 aliphatic heterocycles. The van der Waals surface area contributed by atoms with Crippen molar-refractivity contribution in [1.82, 2.24) is 0 Å². The van der Waals surface area contributed by atoms with Crippen molar-refractivity contribution in [1.29, 1.82) is 0 Å². The standard InChI is InChI=1S/C20H21NO6/c1-4-7-27-17-6-5-13(18(22)11-17)12-21-16-9-14(19(23)25-2)8-15(10-16)20(24)26-3/h5-6,8-12,22H,4,7H2,1-3H3. The molecule has 0 atom stereocenters. The number of benzene rings is 2. The summed E-state index contributed by atoms with van der Waals surface area (Å²) in [4.78, 5) is 27.8. The molecule has 2 aromatic rings. The molecule has 2 rings (SSSR count). The van der Waals surface area contributed by atoms with E-state index in [-0.39, 0.29) is 16.9 Å². The van der Waals surface area contributed by atoms with Crippen LogP contribution in [0.1, 0.15) is 39.6 Å². The second-order valence-electron chi connectivity index (χ2n) is 5.58. The van der Waals surface area contributed by atoms with Crippen molar-refractivity contribution < 1.29 is 28.9 Å². The van der Waals surface area contributed by atoms with Crippen LogP contribution in [0, 0.1) is 0 Å². The number of ether oxygens (including phenoxy) is 3. The number of esters is 2. The number of aromatic hydroxyl groups is 1. The molecule has 7 nitrogen and oxygen atoms in total. The number of phenols is 1. The van der Waals surface area contributed by atoms with Gasteiger partial charge in [0.1, 0.15) is 11.5 Å². The summed E-state index contributed by atoms with van der Waals surface area (Å²) < 4.78 is 14.8. The van der Waals surface area contributed by atoms with Crippen LogP contribution < -0.4 is 4.74 Å². The van der Waals surface area contributed by atoms with Crippen LogP contribution >= 0.6 is 0 Å². The van der Waals surface area contributed by atoms with E-state index >= 15 is 0 Å². The second-order valence-corrected chi connectivity index (χ2v) is 5.58. The number of aliphatic imine (C=N–C) groups is 1. The Hall–Kier alpha value is -3.35. The summed E-state index contributed by atoms with van der Waals surface area (Å²) in [7, 11) is 2.49. The highest BCUT2D eigenvalue weighted by Crippen LogP contribution is 2.24. The smallest absolute Gasteiger partial charge is 0.337 e. The fourth-order valence-electron chi connectivity index (χ4n) is 2.24. The predicted octanol–water partition coefficient (Wildman–Crippen LogP) is 3.50. The van der Waals surface area contributed by atoms with Gasteiger partial charge in [-0.3, -0.25) is 4.99 Å². The van der Waals surface area contributed by atoms with Crippen molar-refractivity contribution in [3.05, 3.63) is 53.1 Å². The SMILES string of the molecule is CCCOc1ccc(C=Nc2cc(C(=O)OC)cc(C(=O)OC)c2)c(O)c1. The molecule has 0 aromatic heterocycles. The highest BCUT2D eigenvalue weighted by Gasteiger charge is 2.13. The molecule has 7 heteroatoms. The third kappa shape index (κ3) is 5.31. The number of methoxy groups -OCH3 is 2. The summed E-state index contributed by atoms with van der Waals surface area (Å²) in [5.41, 5.74) is 1.13. The molecule has 0 unspecified atom stereocenters. The molecule has 2 aromatic carbocycles. The van der Waals surface area contributed by atoms with Crippen LogP contribution in [0.2, 0.25) is 0 Å². The van der Waals surface area contributed by atoms with E-state index in [0.29, 0.717) is 23.6 Å². The summed E-state index contributed by atoms with van der Waals surface area (Å²) in [5, 5.41) is 10.1. The van der Waals surface area contributed by atoms with Gasteiger partial charge in [-0.15, -0.1) is 0 Å². The summed E-state index contributed by atoms with van der Waals surface area (Å²) >= 11 is 0. The number of phenolic OH excluding ortho intramolecular Hbond substituents is 1. The Morgan fingerprint density at radius 3 is 2.19 bits per heavy atom. The van der Waals surface area contributed by atoms with E-state index in [1.54, 1.807) is 12.1 Å². The number of hydrogen-bond acceptors (Lipinski definition) is 7. The number of carbonyl (C=O) groups excluding carboxylic acids is 2. The van der Waals surface area contributed by atoms with Gasteiger partial charge in [-0.05, 0) is 36.8 Å². The van der Waals surface area contributed by atoms with Crippen LogP contribution in [0.5, 0.6) is 11.5 Å². The van der Waals surface area contributed by atoms with Crippen LogP contribution in [0.15, 0.2) is 41.4 Å². The van der Waals surface area contributed by atoms with E-state index in [1.165, 1.54) is 44.7 Å². The minimum Gasteiger partial charge on any atom is -0.507 e. The van der Waals surface area contributed by atoms with Gasteiger partial charge in [-0.2, -0.15) is 0 Å². The zero-order valence-electron chi connectivity index (χ0n) is 15.4. The summed E-state index contributed by atoms with van der Waals surface area (Å²) in [5.74, 6) is -0.633. The van der Waals surface area contributed by atoms with Crippen molar-refractivity contribution in [2.45, 2.75) is 13.3 Å². The van der Waals surface area contributed by atoms with E-state index in [0.717, 1.165) is 6.42 Å². The number of carbonyl (C=O) groups is 2. The average molecular weight is 371 g/mol. The van der Waals surface area contributed by atoms with Gasteiger partial charge in [0.05, 0.1) is 37.6 Å². The van der Waals surface area contributed by atoms with Gasteiger partial charge >= 0.3 is 11.9 Å². The van der Waals surface area contributed by atoms with E-state index in [9.17, 15) is 14.7 Å². The highest BCUT2D eigenvalue weighted by atomic mass is 16.5. The molecule has 0 radical (unpaired) electrons. The molecule has 27 heavy (non-hydrogen) atoms. The normalized spacial score (nSPS) is 10.6. The molecule has 0 saturated heterocycles. The first kappa shape index (κ1) is 20.0. The predicted molar refractivity (Wildman–Crippen MR) is 100 cm³/mol. The Morgan fingerprint density at radius 1 is 1.04 bits per heavy atom. The van der Waals surface area contributed by atoms with Gasteiger partial charge in [-0.1, -0.05) is 6.92 Å². The Balaban J connectivity index is 2.32. The Kier molecular flexibility index (Phi) is 6.93. The van der Waals surface area contributed by atoms with Crippen LogP contribution in [-0.4, -0.2) is 44.1 Å². The van der Waals surface area contributed by atoms with Gasteiger partial charge in [0.15, 0.2) is 0 Å². The van der Waals surface area contributed by atoms with Crippen LogP contribution in [0.4, 0.5) is 5.69 Å². The minimum absolute atomic E-state index is 0.00432. The maximum absolute atomic E-state index is 11.8. The van der Waals surface area contributed by atoms with E-state index in [2.05, 4.69) is 4.99 Å². The third-order valence-electron chi connectivity index (χ3n) is 3.59. The van der Waals surface area contributed by atoms with E-state index in [1.807, 2.05) is 6.92 Å². The fourth-order valence-corrected chi connectivity index (χ4v) is 2.24. The topological polar surface area (TPSA) is 94.4 Å². The van der Waals surface area contributed by atoms with Crippen molar-refractivity contribution in [3.8, 4) is 11.5 Å². The van der Waals surface area contributed by atoms with Crippen molar-refractivity contribution in [3.63, 3.8) is 0 Å². The average Bonchev–Trinajstić information content (AvgIpc) is 2.69. The summed E-state index contributed by atoms with van der Waals surface area (Å²) in [6, 6.07) is 9.21. The maximum Gasteiger partial charge on any atom is 0.337 e. The molecular formula is C20H21NO6. The molecular weight excluding hydrogens is 350 g/mol. The zero-order valence-corrected chi connectivity index (χ0v) is 15.4. The molecule has 1 N–H and O–H groups in total. The van der Waals surface area contributed by atoms with Gasteiger partial charge in [0, 0.05) is 17.8 Å². The lowest BCUT2D eigenvalue weighted by atomic mass is 10.1. The number of nitrogens with zero attached hydrogens (tertiary/aromatic N) is 1. The first-order valence-electron chi connectivity index (χ1n) is 8.30. The first-order chi connectivity index (χ1) is 13.0. The molecule has 0 bridgehead atoms. The number of rotatable bonds is 7. The third-order valence-corrected chi connectivity index (χ3v) is 3.59.